The molecule has 0 aliphatic carbocycles. The Labute approximate surface area is 205 Å². The summed E-state index contributed by atoms with van der Waals surface area (Å²) in [6.45, 7) is 7.24. The topological polar surface area (TPSA) is 125 Å². The van der Waals surface area contributed by atoms with E-state index in [9.17, 15) is 24.3 Å². The van der Waals surface area contributed by atoms with Gasteiger partial charge in [0, 0.05) is 19.0 Å². The van der Waals surface area contributed by atoms with Crippen molar-refractivity contribution in [3.8, 4) is 0 Å². The van der Waals surface area contributed by atoms with Gasteiger partial charge in [-0.1, -0.05) is 24.3 Å². The Morgan fingerprint density at radius 3 is 2.60 bits per heavy atom. The second-order valence-corrected chi connectivity index (χ2v) is 10.1. The molecule has 0 aromatic heterocycles. The normalized spacial score (nSPS) is 37.5. The first kappa shape index (κ1) is 25.4. The summed E-state index contributed by atoms with van der Waals surface area (Å²) < 4.78 is 11.9. The molecule has 10 heteroatoms. The van der Waals surface area contributed by atoms with Crippen molar-refractivity contribution in [2.75, 3.05) is 19.7 Å². The van der Waals surface area contributed by atoms with Crippen LogP contribution in [0.25, 0.3) is 0 Å². The van der Waals surface area contributed by atoms with Gasteiger partial charge < -0.3 is 29.7 Å². The molecule has 35 heavy (non-hydrogen) atoms. The molecular formula is C25H35N3O7. The van der Waals surface area contributed by atoms with Gasteiger partial charge in [0.15, 0.2) is 0 Å². The highest BCUT2D eigenvalue weighted by Gasteiger charge is 2.74. The summed E-state index contributed by atoms with van der Waals surface area (Å²) in [6, 6.07) is -1.85. The smallest absolute Gasteiger partial charge is 0.313 e. The second kappa shape index (κ2) is 9.73. The zero-order valence-electron chi connectivity index (χ0n) is 20.7. The van der Waals surface area contributed by atoms with Gasteiger partial charge in [-0.15, -0.1) is 0 Å². The lowest BCUT2D eigenvalue weighted by atomic mass is 9.74. The molecule has 4 heterocycles. The quantitative estimate of drug-likeness (QED) is 0.427. The van der Waals surface area contributed by atoms with E-state index in [0.717, 1.165) is 0 Å². The van der Waals surface area contributed by atoms with E-state index >= 15 is 0 Å². The number of aliphatic hydroxyl groups excluding tert-OH is 1. The first-order chi connectivity index (χ1) is 16.6. The predicted octanol–water partition coefficient (Wildman–Crippen LogP) is 0.153. The number of nitrogens with one attached hydrogen (secondary N) is 1. The lowest BCUT2D eigenvalue weighted by Gasteiger charge is -2.39. The van der Waals surface area contributed by atoms with Gasteiger partial charge in [-0.25, -0.2) is 0 Å². The molecule has 7 atom stereocenters. The Hall–Kier alpha value is -2.72. The molecule has 0 aromatic carbocycles. The van der Waals surface area contributed by atoms with Crippen molar-refractivity contribution in [3.63, 3.8) is 0 Å². The number of rotatable bonds is 3. The van der Waals surface area contributed by atoms with Gasteiger partial charge in [0.1, 0.15) is 23.7 Å². The Kier molecular flexibility index (Phi) is 7.06. The van der Waals surface area contributed by atoms with Crippen LogP contribution in [0.15, 0.2) is 24.3 Å². The summed E-state index contributed by atoms with van der Waals surface area (Å²) in [5.74, 6) is -3.32. The fourth-order valence-corrected chi connectivity index (χ4v) is 5.62. The van der Waals surface area contributed by atoms with Crippen molar-refractivity contribution in [1.29, 1.82) is 0 Å². The highest BCUT2D eigenvalue weighted by Crippen LogP contribution is 2.56. The van der Waals surface area contributed by atoms with Gasteiger partial charge >= 0.3 is 5.97 Å². The number of hydrogen-bond donors (Lipinski definition) is 2. The van der Waals surface area contributed by atoms with Crippen molar-refractivity contribution in [2.24, 2.45) is 11.8 Å². The van der Waals surface area contributed by atoms with Crippen LogP contribution in [0.2, 0.25) is 0 Å². The van der Waals surface area contributed by atoms with Crippen molar-refractivity contribution in [2.45, 2.75) is 76.5 Å². The maximum Gasteiger partial charge on any atom is 0.313 e. The number of ether oxygens (including phenoxy) is 2. The highest BCUT2D eigenvalue weighted by atomic mass is 16.6. The van der Waals surface area contributed by atoms with Gasteiger partial charge in [0.25, 0.3) is 0 Å². The molecule has 10 nitrogen and oxygen atoms in total. The molecule has 0 unspecified atom stereocenters. The van der Waals surface area contributed by atoms with Gasteiger partial charge in [-0.3, -0.25) is 19.2 Å². The first-order valence-corrected chi connectivity index (χ1v) is 12.3. The summed E-state index contributed by atoms with van der Waals surface area (Å²) >= 11 is 0. The molecule has 4 aliphatic heterocycles. The molecule has 2 saturated heterocycles. The summed E-state index contributed by atoms with van der Waals surface area (Å²) in [4.78, 5) is 56.3. The van der Waals surface area contributed by atoms with Crippen LogP contribution >= 0.6 is 0 Å². The number of carbonyl (C=O) groups is 4. The number of esters is 1. The molecule has 0 radical (unpaired) electrons. The molecular weight excluding hydrogens is 454 g/mol. The SMILES string of the molecule is CC(C)N1C/C=C\CCC(=O)NC[C@H](C)OC(=O)[C@@H]2[C@H]3C(=O)N([C@H](C)CO)[C@H](C1=O)[C@]31C=C[C@H]2O1. The molecule has 2 N–H and O–H groups in total. The van der Waals surface area contributed by atoms with Crippen LogP contribution < -0.4 is 5.32 Å². The third kappa shape index (κ3) is 4.27. The average molecular weight is 490 g/mol. The number of cyclic esters (lactones) is 1. The summed E-state index contributed by atoms with van der Waals surface area (Å²) in [5.41, 5.74) is -1.31. The minimum atomic E-state index is -1.31. The monoisotopic (exact) mass is 489 g/mol. The largest absolute Gasteiger partial charge is 0.460 e. The Bertz CT molecular complexity index is 947. The summed E-state index contributed by atoms with van der Waals surface area (Å²) in [5, 5.41) is 12.7. The van der Waals surface area contributed by atoms with Crippen molar-refractivity contribution in [3.05, 3.63) is 24.3 Å². The molecule has 4 aliphatic rings. The first-order valence-electron chi connectivity index (χ1n) is 12.3. The fraction of sp³-hybridized carbons (Fsp3) is 0.680. The molecule has 4 rings (SSSR count). The standard InChI is InChI=1S/C25H35N3O7/c1-14(2)27-11-7-5-6-8-18(30)26-12-16(4)34-24(33)19-17-9-10-25(35-17)20(19)22(31)28(15(3)13-29)21(25)23(27)32/h5,7,9-10,14-17,19-21,29H,6,8,11-13H2,1-4H3,(H,26,30)/b7-5-/t15-,16+,17-,19+,20+,21-,25+/m1/s1. The van der Waals surface area contributed by atoms with E-state index in [1.54, 1.807) is 30.9 Å². The Morgan fingerprint density at radius 1 is 1.17 bits per heavy atom. The number of likely N-dealkylation sites (tertiary alicyclic amines) is 1. The molecule has 1 spiro atoms. The number of carbonyl (C=O) groups excluding carboxylic acids is 4. The number of aliphatic hydroxyl groups is 1. The van der Waals surface area contributed by atoms with E-state index in [1.807, 2.05) is 26.0 Å². The fourth-order valence-electron chi connectivity index (χ4n) is 5.62. The number of amides is 3. The van der Waals surface area contributed by atoms with Crippen LogP contribution in [0, 0.1) is 11.8 Å². The van der Waals surface area contributed by atoms with Crippen LogP contribution in [0.3, 0.4) is 0 Å². The second-order valence-electron chi connectivity index (χ2n) is 10.1. The molecule has 3 amide bonds. The van der Waals surface area contributed by atoms with E-state index in [0.29, 0.717) is 13.0 Å². The highest BCUT2D eigenvalue weighted by molar-refractivity contribution is 5.99. The minimum absolute atomic E-state index is 0.155. The van der Waals surface area contributed by atoms with Crippen LogP contribution in [-0.2, 0) is 28.7 Å². The minimum Gasteiger partial charge on any atom is -0.460 e. The predicted molar refractivity (Wildman–Crippen MR) is 125 cm³/mol. The van der Waals surface area contributed by atoms with E-state index in [1.165, 1.54) is 4.90 Å². The van der Waals surface area contributed by atoms with Gasteiger partial charge in [0.05, 0.1) is 31.2 Å². The lowest BCUT2D eigenvalue weighted by molar-refractivity contribution is -0.159. The van der Waals surface area contributed by atoms with Crippen LogP contribution in [-0.4, -0.2) is 94.2 Å². The Morgan fingerprint density at radius 2 is 1.91 bits per heavy atom. The van der Waals surface area contributed by atoms with Gasteiger partial charge in [-0.05, 0) is 34.1 Å². The average Bonchev–Trinajstić information content (AvgIpc) is 3.45. The zero-order chi connectivity index (χ0) is 25.5. The zero-order valence-corrected chi connectivity index (χ0v) is 20.7. The maximum atomic E-state index is 14.0. The van der Waals surface area contributed by atoms with E-state index in [-0.39, 0.29) is 37.4 Å². The summed E-state index contributed by atoms with van der Waals surface area (Å²) in [6.07, 6.45) is 6.64. The molecule has 5 bridgehead atoms. The number of fused-ring (bicyclic) bond motifs is 2. The Balaban J connectivity index is 1.77. The maximum absolute atomic E-state index is 14.0. The number of allylic oxidation sites excluding steroid dienone is 1. The van der Waals surface area contributed by atoms with Gasteiger partial charge in [0.2, 0.25) is 17.7 Å². The van der Waals surface area contributed by atoms with Crippen molar-refractivity contribution >= 4 is 23.7 Å². The molecule has 192 valence electrons. The van der Waals surface area contributed by atoms with Crippen LogP contribution in [0.4, 0.5) is 0 Å². The van der Waals surface area contributed by atoms with Crippen LogP contribution in [0.1, 0.15) is 40.5 Å². The van der Waals surface area contributed by atoms with Crippen LogP contribution in [0.5, 0.6) is 0 Å². The third-order valence-electron chi connectivity index (χ3n) is 7.37. The van der Waals surface area contributed by atoms with Gasteiger partial charge in [-0.2, -0.15) is 0 Å². The van der Waals surface area contributed by atoms with Crippen molar-refractivity contribution < 1.29 is 33.8 Å². The number of nitrogens with zero attached hydrogens (tertiary/aromatic N) is 2. The molecule has 2 fully saturated rings. The third-order valence-corrected chi connectivity index (χ3v) is 7.37. The molecule has 0 saturated carbocycles. The number of hydrogen-bond acceptors (Lipinski definition) is 7. The van der Waals surface area contributed by atoms with E-state index in [4.69, 9.17) is 9.47 Å². The molecule has 0 aromatic rings. The summed E-state index contributed by atoms with van der Waals surface area (Å²) in [7, 11) is 0. The van der Waals surface area contributed by atoms with E-state index < -0.39 is 53.6 Å². The van der Waals surface area contributed by atoms with E-state index in [2.05, 4.69) is 5.32 Å². The van der Waals surface area contributed by atoms with Crippen molar-refractivity contribution in [1.82, 2.24) is 15.1 Å². The lowest BCUT2D eigenvalue weighted by Crippen LogP contribution is -2.59.